The molecule has 8 heteroatoms. The first-order chi connectivity index (χ1) is 12.7. The number of rotatable bonds is 8. The topological polar surface area (TPSA) is 95.2 Å². The van der Waals surface area contributed by atoms with Gasteiger partial charge in [-0.3, -0.25) is 19.3 Å². The number of aryl methyl sites for hydroxylation is 1. The molecule has 2 N–H and O–H groups in total. The molecule has 0 bridgehead atoms. The van der Waals surface area contributed by atoms with Gasteiger partial charge in [-0.1, -0.05) is 6.92 Å². The van der Waals surface area contributed by atoms with E-state index >= 15 is 0 Å². The van der Waals surface area contributed by atoms with Gasteiger partial charge in [-0.15, -0.1) is 0 Å². The molecule has 2 aromatic rings. The zero-order valence-electron chi connectivity index (χ0n) is 15.9. The molecule has 2 heterocycles. The Morgan fingerprint density at radius 1 is 1.26 bits per heavy atom. The summed E-state index contributed by atoms with van der Waals surface area (Å²) in [6, 6.07) is 3.47. The Balaban J connectivity index is 2.01. The lowest BCUT2D eigenvalue weighted by Gasteiger charge is -2.15. The second-order valence-corrected chi connectivity index (χ2v) is 7.31. The number of halogens is 1. The average molecular weight is 435 g/mol. The first-order valence-corrected chi connectivity index (χ1v) is 9.37. The molecule has 0 aliphatic carbocycles. The minimum atomic E-state index is -0.261. The number of Topliss-reactive ketones (excluding diaryl/α,β-unsaturated/α-hetero) is 2. The first kappa shape index (κ1) is 21.0. The van der Waals surface area contributed by atoms with Crippen molar-refractivity contribution in [3.05, 3.63) is 45.3 Å². The van der Waals surface area contributed by atoms with Crippen molar-refractivity contribution >= 4 is 39.2 Å². The maximum absolute atomic E-state index is 12.7. The Hall–Kier alpha value is -2.32. The number of hydrogen-bond donors (Lipinski definition) is 2. The number of pyridine rings is 1. The molecular weight excluding hydrogens is 412 g/mol. The van der Waals surface area contributed by atoms with E-state index in [2.05, 4.69) is 31.2 Å². The highest BCUT2D eigenvalue weighted by Crippen LogP contribution is 2.21. The van der Waals surface area contributed by atoms with E-state index < -0.39 is 0 Å². The molecule has 7 nitrogen and oxygen atoms in total. The van der Waals surface area contributed by atoms with Crippen molar-refractivity contribution in [3.63, 3.8) is 0 Å². The number of hydrogen-bond acceptors (Lipinski definition) is 5. The molecule has 0 saturated heterocycles. The highest BCUT2D eigenvalue weighted by molar-refractivity contribution is 9.10. The fraction of sp³-hybridized carbons (Fsp3) is 0.368. The molecule has 0 aliphatic heterocycles. The Labute approximate surface area is 166 Å². The normalized spacial score (nSPS) is 10.9. The zero-order chi connectivity index (χ0) is 20.1. The number of aromatic nitrogens is 2. The van der Waals surface area contributed by atoms with Gasteiger partial charge in [0.05, 0.1) is 18.8 Å². The molecular formula is C19H23BrN4O3. The fourth-order valence-corrected chi connectivity index (χ4v) is 3.24. The second-order valence-electron chi connectivity index (χ2n) is 6.39. The Bertz CT molecular complexity index is 859. The monoisotopic (exact) mass is 434 g/mol. The van der Waals surface area contributed by atoms with Crippen LogP contribution in [0.4, 0.5) is 5.82 Å². The number of carbonyl (C=O) groups excluding carboxylic acids is 3. The third-order valence-corrected chi connectivity index (χ3v) is 4.57. The van der Waals surface area contributed by atoms with E-state index in [1.165, 1.54) is 6.92 Å². The van der Waals surface area contributed by atoms with Crippen molar-refractivity contribution in [1.29, 1.82) is 0 Å². The molecule has 0 aromatic carbocycles. The van der Waals surface area contributed by atoms with E-state index in [4.69, 9.17) is 0 Å². The second kappa shape index (κ2) is 9.05. The molecule has 0 unspecified atom stereocenters. The van der Waals surface area contributed by atoms with Crippen LogP contribution < -0.4 is 5.32 Å². The van der Waals surface area contributed by atoms with Crippen LogP contribution in [0.3, 0.4) is 0 Å². The van der Waals surface area contributed by atoms with Gasteiger partial charge in [0.2, 0.25) is 5.91 Å². The number of aromatic amines is 1. The predicted octanol–water partition coefficient (Wildman–Crippen LogP) is 3.00. The van der Waals surface area contributed by atoms with Crippen molar-refractivity contribution in [2.45, 2.75) is 27.2 Å². The lowest BCUT2D eigenvalue weighted by molar-refractivity contribution is -0.116. The van der Waals surface area contributed by atoms with Crippen molar-refractivity contribution in [3.8, 4) is 0 Å². The molecule has 0 fully saturated rings. The van der Waals surface area contributed by atoms with Crippen molar-refractivity contribution in [2.24, 2.45) is 0 Å². The minimum absolute atomic E-state index is 0.0458. The van der Waals surface area contributed by atoms with Gasteiger partial charge in [0.25, 0.3) is 0 Å². The number of carbonyl (C=O) groups is 3. The van der Waals surface area contributed by atoms with Crippen LogP contribution in [0.5, 0.6) is 0 Å². The maximum Gasteiger partial charge on any atom is 0.239 e. The number of amides is 1. The van der Waals surface area contributed by atoms with Crippen LogP contribution in [0.2, 0.25) is 0 Å². The third-order valence-electron chi connectivity index (χ3n) is 4.10. The van der Waals surface area contributed by atoms with E-state index in [0.717, 1.165) is 10.0 Å². The van der Waals surface area contributed by atoms with Crippen LogP contribution >= 0.6 is 15.9 Å². The quantitative estimate of drug-likeness (QED) is 0.622. The number of nitrogens with one attached hydrogen (secondary N) is 2. The molecule has 0 atom stereocenters. The molecule has 2 aromatic heterocycles. The number of likely N-dealkylation sites (N-methyl/N-ethyl adjacent to an activating group) is 1. The summed E-state index contributed by atoms with van der Waals surface area (Å²) < 4.78 is 0.820. The molecule has 144 valence electrons. The summed E-state index contributed by atoms with van der Waals surface area (Å²) in [5, 5.41) is 2.69. The van der Waals surface area contributed by atoms with E-state index in [1.807, 2.05) is 6.92 Å². The van der Waals surface area contributed by atoms with Crippen LogP contribution in [0.15, 0.2) is 22.8 Å². The number of H-pyrrole nitrogens is 1. The SMILES string of the molecule is CCc1c(C(=O)CN(C)CC(=O)Nc2ccc(Br)cn2)[nH]c(C)c1C(C)=O. The molecule has 0 saturated carbocycles. The van der Waals surface area contributed by atoms with Crippen LogP contribution in [-0.2, 0) is 11.2 Å². The first-order valence-electron chi connectivity index (χ1n) is 8.58. The largest absolute Gasteiger partial charge is 0.355 e. The lowest BCUT2D eigenvalue weighted by Crippen LogP contribution is -2.34. The number of ketones is 2. The standard InChI is InChI=1S/C19H23BrN4O3/c1-5-14-18(12(3)25)11(2)22-19(14)15(26)9-24(4)10-17(27)23-16-7-6-13(20)8-21-16/h6-8,22H,5,9-10H2,1-4H3,(H,21,23,27). The molecule has 2 rings (SSSR count). The predicted molar refractivity (Wildman–Crippen MR) is 107 cm³/mol. The molecule has 27 heavy (non-hydrogen) atoms. The maximum atomic E-state index is 12.7. The zero-order valence-corrected chi connectivity index (χ0v) is 17.4. The van der Waals surface area contributed by atoms with Gasteiger partial charge in [-0.05, 0) is 60.9 Å². The lowest BCUT2D eigenvalue weighted by atomic mass is 10.0. The van der Waals surface area contributed by atoms with Gasteiger partial charge in [0.15, 0.2) is 11.6 Å². The van der Waals surface area contributed by atoms with Gasteiger partial charge in [-0.25, -0.2) is 4.98 Å². The smallest absolute Gasteiger partial charge is 0.239 e. The molecule has 0 radical (unpaired) electrons. The average Bonchev–Trinajstić information content (AvgIpc) is 2.93. The van der Waals surface area contributed by atoms with Crippen LogP contribution in [-0.4, -0.2) is 52.5 Å². The van der Waals surface area contributed by atoms with Gasteiger partial charge < -0.3 is 10.3 Å². The summed E-state index contributed by atoms with van der Waals surface area (Å²) in [7, 11) is 1.69. The summed E-state index contributed by atoms with van der Waals surface area (Å²) in [6.45, 7) is 5.30. The van der Waals surface area contributed by atoms with E-state index in [0.29, 0.717) is 29.2 Å². The Morgan fingerprint density at radius 2 is 1.96 bits per heavy atom. The fourth-order valence-electron chi connectivity index (χ4n) is 3.00. The van der Waals surface area contributed by atoms with E-state index in [9.17, 15) is 14.4 Å². The number of anilines is 1. The Morgan fingerprint density at radius 3 is 2.52 bits per heavy atom. The highest BCUT2D eigenvalue weighted by atomic mass is 79.9. The van der Waals surface area contributed by atoms with Crippen LogP contribution in [0, 0.1) is 6.92 Å². The summed E-state index contributed by atoms with van der Waals surface area (Å²) in [5.74, 6) is -0.0286. The van der Waals surface area contributed by atoms with E-state index in [-0.39, 0.29) is 30.6 Å². The molecule has 0 aliphatic rings. The summed E-state index contributed by atoms with van der Waals surface area (Å²) in [4.78, 5) is 45.4. The van der Waals surface area contributed by atoms with Gasteiger partial charge in [-0.2, -0.15) is 0 Å². The van der Waals surface area contributed by atoms with Gasteiger partial charge in [0, 0.05) is 21.9 Å². The summed E-state index contributed by atoms with van der Waals surface area (Å²) >= 11 is 3.28. The summed E-state index contributed by atoms with van der Waals surface area (Å²) in [6.07, 6.45) is 2.18. The van der Waals surface area contributed by atoms with E-state index in [1.54, 1.807) is 37.2 Å². The van der Waals surface area contributed by atoms with Crippen molar-refractivity contribution < 1.29 is 14.4 Å². The highest BCUT2D eigenvalue weighted by Gasteiger charge is 2.22. The third kappa shape index (κ3) is 5.33. The van der Waals surface area contributed by atoms with Crippen LogP contribution in [0.25, 0.3) is 0 Å². The minimum Gasteiger partial charge on any atom is -0.355 e. The van der Waals surface area contributed by atoms with Crippen molar-refractivity contribution in [1.82, 2.24) is 14.9 Å². The van der Waals surface area contributed by atoms with Gasteiger partial charge in [0.1, 0.15) is 5.82 Å². The summed E-state index contributed by atoms with van der Waals surface area (Å²) in [5.41, 5.74) is 2.47. The van der Waals surface area contributed by atoms with Crippen molar-refractivity contribution in [2.75, 3.05) is 25.5 Å². The van der Waals surface area contributed by atoms with Gasteiger partial charge >= 0.3 is 0 Å². The number of nitrogens with zero attached hydrogens (tertiary/aromatic N) is 2. The molecule has 1 amide bonds. The Kier molecular flexibility index (Phi) is 7.04. The molecule has 0 spiro atoms. The van der Waals surface area contributed by atoms with Crippen LogP contribution in [0.1, 0.15) is 46.0 Å².